The molecule has 0 atom stereocenters. The summed E-state index contributed by atoms with van der Waals surface area (Å²) in [5, 5.41) is 2.75. The van der Waals surface area contributed by atoms with Crippen molar-refractivity contribution in [2.75, 3.05) is 18.8 Å². The van der Waals surface area contributed by atoms with Crippen LogP contribution in [0.3, 0.4) is 0 Å². The van der Waals surface area contributed by atoms with Crippen molar-refractivity contribution >= 4 is 27.5 Å². The fourth-order valence-corrected chi connectivity index (χ4v) is 1.49. The number of nitrogen functional groups attached to an aromatic ring is 1. The molecule has 1 aromatic carbocycles. The summed E-state index contributed by atoms with van der Waals surface area (Å²) in [5.74, 6) is -0.165. The van der Waals surface area contributed by atoms with Crippen molar-refractivity contribution in [3.05, 3.63) is 28.2 Å². The molecule has 0 aromatic heterocycles. The first-order valence-electron chi connectivity index (χ1n) is 4.68. The fraction of sp³-hybridized carbons (Fsp3) is 0.300. The van der Waals surface area contributed by atoms with Gasteiger partial charge in [0.2, 0.25) is 0 Å². The van der Waals surface area contributed by atoms with E-state index in [0.29, 0.717) is 24.3 Å². The second kappa shape index (κ2) is 5.72. The molecule has 1 aromatic rings. The zero-order valence-electron chi connectivity index (χ0n) is 8.29. The van der Waals surface area contributed by atoms with Gasteiger partial charge < -0.3 is 16.8 Å². The van der Waals surface area contributed by atoms with Gasteiger partial charge in [-0.25, -0.2) is 0 Å². The smallest absolute Gasteiger partial charge is 0.253 e. The van der Waals surface area contributed by atoms with Crippen LogP contribution in [0.5, 0.6) is 0 Å². The van der Waals surface area contributed by atoms with Gasteiger partial charge >= 0.3 is 0 Å². The van der Waals surface area contributed by atoms with Crippen LogP contribution < -0.4 is 16.8 Å². The molecule has 0 aliphatic rings. The maximum Gasteiger partial charge on any atom is 0.253 e. The van der Waals surface area contributed by atoms with Gasteiger partial charge in [0, 0.05) is 16.7 Å². The maximum absolute atomic E-state index is 11.6. The number of benzene rings is 1. The van der Waals surface area contributed by atoms with E-state index in [2.05, 4.69) is 21.2 Å². The van der Waals surface area contributed by atoms with Crippen molar-refractivity contribution in [2.45, 2.75) is 6.42 Å². The molecule has 0 bridgehead atoms. The lowest BCUT2D eigenvalue weighted by molar-refractivity contribution is 0.0954. The highest BCUT2D eigenvalue weighted by Crippen LogP contribution is 2.18. The minimum absolute atomic E-state index is 0.165. The van der Waals surface area contributed by atoms with Crippen LogP contribution in [-0.4, -0.2) is 19.0 Å². The molecule has 0 radical (unpaired) electrons. The van der Waals surface area contributed by atoms with Crippen molar-refractivity contribution < 1.29 is 4.79 Å². The normalized spacial score (nSPS) is 10.0. The number of rotatable bonds is 4. The SMILES string of the molecule is NCCCNC(=O)c1cc(Br)ccc1N. The molecule has 4 nitrogen and oxygen atoms in total. The van der Waals surface area contributed by atoms with Gasteiger partial charge in [-0.1, -0.05) is 15.9 Å². The highest BCUT2D eigenvalue weighted by Gasteiger charge is 2.08. The Morgan fingerprint density at radius 1 is 1.47 bits per heavy atom. The van der Waals surface area contributed by atoms with Crippen LogP contribution in [0.1, 0.15) is 16.8 Å². The number of hydrogen-bond donors (Lipinski definition) is 3. The standard InChI is InChI=1S/C10H14BrN3O/c11-7-2-3-9(13)8(6-7)10(15)14-5-1-4-12/h2-3,6H,1,4-5,12-13H2,(H,14,15). The van der Waals surface area contributed by atoms with Crippen molar-refractivity contribution in [1.82, 2.24) is 5.32 Å². The van der Waals surface area contributed by atoms with E-state index < -0.39 is 0 Å². The highest BCUT2D eigenvalue weighted by atomic mass is 79.9. The van der Waals surface area contributed by atoms with E-state index in [1.54, 1.807) is 18.2 Å². The van der Waals surface area contributed by atoms with Gasteiger partial charge in [0.25, 0.3) is 5.91 Å². The number of anilines is 1. The van der Waals surface area contributed by atoms with Crippen LogP contribution in [-0.2, 0) is 0 Å². The Hall–Kier alpha value is -1.07. The Labute approximate surface area is 97.1 Å². The van der Waals surface area contributed by atoms with E-state index in [0.717, 1.165) is 10.9 Å². The zero-order chi connectivity index (χ0) is 11.3. The van der Waals surface area contributed by atoms with Crippen LogP contribution >= 0.6 is 15.9 Å². The third-order valence-electron chi connectivity index (χ3n) is 1.93. The minimum Gasteiger partial charge on any atom is -0.398 e. The van der Waals surface area contributed by atoms with Crippen LogP contribution in [0.4, 0.5) is 5.69 Å². The summed E-state index contributed by atoms with van der Waals surface area (Å²) < 4.78 is 0.834. The number of halogens is 1. The fourth-order valence-electron chi connectivity index (χ4n) is 1.12. The highest BCUT2D eigenvalue weighted by molar-refractivity contribution is 9.10. The Balaban J connectivity index is 2.68. The van der Waals surface area contributed by atoms with Crippen LogP contribution in [0.2, 0.25) is 0 Å². The predicted molar refractivity (Wildman–Crippen MR) is 64.6 cm³/mol. The molecule has 0 fully saturated rings. The molecule has 0 saturated carbocycles. The minimum atomic E-state index is -0.165. The molecule has 0 spiro atoms. The second-order valence-corrected chi connectivity index (χ2v) is 4.05. The van der Waals surface area contributed by atoms with Crippen molar-refractivity contribution in [2.24, 2.45) is 5.73 Å². The van der Waals surface area contributed by atoms with E-state index in [9.17, 15) is 4.79 Å². The summed E-state index contributed by atoms with van der Waals surface area (Å²) in [6, 6.07) is 5.20. The Morgan fingerprint density at radius 3 is 2.87 bits per heavy atom. The lowest BCUT2D eigenvalue weighted by atomic mass is 10.1. The lowest BCUT2D eigenvalue weighted by Crippen LogP contribution is -2.26. The molecular formula is C10H14BrN3O. The number of carbonyl (C=O) groups is 1. The van der Waals surface area contributed by atoms with Gasteiger partial charge in [-0.15, -0.1) is 0 Å². The van der Waals surface area contributed by atoms with Crippen LogP contribution in [0.25, 0.3) is 0 Å². The summed E-state index contributed by atoms with van der Waals surface area (Å²) >= 11 is 3.29. The molecule has 5 N–H and O–H groups in total. The van der Waals surface area contributed by atoms with E-state index in [-0.39, 0.29) is 5.91 Å². The number of nitrogens with two attached hydrogens (primary N) is 2. The third-order valence-corrected chi connectivity index (χ3v) is 2.42. The van der Waals surface area contributed by atoms with Crippen LogP contribution in [0.15, 0.2) is 22.7 Å². The van der Waals surface area contributed by atoms with Crippen LogP contribution in [0, 0.1) is 0 Å². The second-order valence-electron chi connectivity index (χ2n) is 3.13. The maximum atomic E-state index is 11.6. The quantitative estimate of drug-likeness (QED) is 0.567. The molecule has 0 aliphatic heterocycles. The summed E-state index contributed by atoms with van der Waals surface area (Å²) in [6.07, 6.45) is 0.764. The van der Waals surface area contributed by atoms with E-state index in [4.69, 9.17) is 11.5 Å². The molecule has 0 aliphatic carbocycles. The summed E-state index contributed by atoms with van der Waals surface area (Å²) in [5.41, 5.74) is 12.0. The van der Waals surface area contributed by atoms with Gasteiger partial charge in [-0.3, -0.25) is 4.79 Å². The average molecular weight is 272 g/mol. The van der Waals surface area contributed by atoms with Gasteiger partial charge in [0.05, 0.1) is 5.56 Å². The summed E-state index contributed by atoms with van der Waals surface area (Å²) in [6.45, 7) is 1.13. The first-order valence-corrected chi connectivity index (χ1v) is 5.47. The van der Waals surface area contributed by atoms with E-state index >= 15 is 0 Å². The first-order chi connectivity index (χ1) is 7.15. The molecule has 0 unspecified atom stereocenters. The van der Waals surface area contributed by atoms with Crippen molar-refractivity contribution in [3.63, 3.8) is 0 Å². The van der Waals surface area contributed by atoms with Crippen molar-refractivity contribution in [3.8, 4) is 0 Å². The van der Waals surface area contributed by atoms with Gasteiger partial charge in [-0.05, 0) is 31.2 Å². The average Bonchev–Trinajstić information content (AvgIpc) is 2.22. The van der Waals surface area contributed by atoms with Gasteiger partial charge in [0.1, 0.15) is 0 Å². The summed E-state index contributed by atoms with van der Waals surface area (Å²) in [7, 11) is 0. The van der Waals surface area contributed by atoms with E-state index in [1.165, 1.54) is 0 Å². The molecule has 5 heteroatoms. The first kappa shape index (κ1) is 12.0. The number of hydrogen-bond acceptors (Lipinski definition) is 3. The molecule has 0 saturated heterocycles. The molecule has 1 amide bonds. The Morgan fingerprint density at radius 2 is 2.20 bits per heavy atom. The lowest BCUT2D eigenvalue weighted by Gasteiger charge is -2.07. The van der Waals surface area contributed by atoms with Crippen molar-refractivity contribution in [1.29, 1.82) is 0 Å². The number of amides is 1. The van der Waals surface area contributed by atoms with E-state index in [1.807, 2.05) is 0 Å². The molecule has 82 valence electrons. The monoisotopic (exact) mass is 271 g/mol. The third kappa shape index (κ3) is 3.53. The van der Waals surface area contributed by atoms with Gasteiger partial charge in [0.15, 0.2) is 0 Å². The predicted octanol–water partition coefficient (Wildman–Crippen LogP) is 1.11. The Bertz CT molecular complexity index is 355. The number of carbonyl (C=O) groups excluding carboxylic acids is 1. The Kier molecular flexibility index (Phi) is 4.58. The number of nitrogens with one attached hydrogen (secondary N) is 1. The zero-order valence-corrected chi connectivity index (χ0v) is 9.88. The molecule has 1 rings (SSSR count). The van der Waals surface area contributed by atoms with Gasteiger partial charge in [-0.2, -0.15) is 0 Å². The largest absolute Gasteiger partial charge is 0.398 e. The summed E-state index contributed by atoms with van der Waals surface area (Å²) in [4.78, 5) is 11.6. The topological polar surface area (TPSA) is 81.1 Å². The molecule has 15 heavy (non-hydrogen) atoms. The molecular weight excluding hydrogens is 258 g/mol. The molecule has 0 heterocycles.